The summed E-state index contributed by atoms with van der Waals surface area (Å²) < 4.78 is 0. The molecule has 0 radical (unpaired) electrons. The smallest absolute Gasteiger partial charge is 0.118 e. The highest BCUT2D eigenvalue weighted by atomic mass is 16.3. The molecule has 0 heterocycles. The first-order valence-corrected chi connectivity index (χ1v) is 6.42. The Bertz CT molecular complexity index is 606. The van der Waals surface area contributed by atoms with E-state index in [4.69, 9.17) is 5.26 Å². The van der Waals surface area contributed by atoms with Gasteiger partial charge in [0.15, 0.2) is 0 Å². The van der Waals surface area contributed by atoms with Gasteiger partial charge in [-0.15, -0.1) is 0 Å². The Kier molecular flexibility index (Phi) is 3.87. The molecule has 19 heavy (non-hydrogen) atoms. The maximum absolute atomic E-state index is 9.87. The van der Waals surface area contributed by atoms with Gasteiger partial charge in [-0.25, -0.2) is 0 Å². The summed E-state index contributed by atoms with van der Waals surface area (Å²) >= 11 is 0. The molecular formula is C17H17NO. The van der Waals surface area contributed by atoms with Gasteiger partial charge >= 0.3 is 0 Å². The Morgan fingerprint density at radius 2 is 1.68 bits per heavy atom. The predicted octanol–water partition coefficient (Wildman–Crippen LogP) is 4.13. The van der Waals surface area contributed by atoms with Crippen molar-refractivity contribution in [1.82, 2.24) is 0 Å². The summed E-state index contributed by atoms with van der Waals surface area (Å²) in [7, 11) is 0. The fraction of sp³-hybridized carbons (Fsp3) is 0.235. The maximum Gasteiger partial charge on any atom is 0.118 e. The van der Waals surface area contributed by atoms with Gasteiger partial charge < -0.3 is 5.11 Å². The van der Waals surface area contributed by atoms with Gasteiger partial charge in [0.1, 0.15) is 5.75 Å². The van der Waals surface area contributed by atoms with Crippen LogP contribution >= 0.6 is 0 Å². The van der Waals surface area contributed by atoms with Crippen LogP contribution in [0.4, 0.5) is 0 Å². The van der Waals surface area contributed by atoms with Gasteiger partial charge in [0.25, 0.3) is 0 Å². The molecule has 0 fully saturated rings. The molecule has 2 rings (SSSR count). The lowest BCUT2D eigenvalue weighted by Crippen LogP contribution is -1.95. The van der Waals surface area contributed by atoms with Gasteiger partial charge in [-0.3, -0.25) is 0 Å². The molecule has 0 aromatic heterocycles. The zero-order valence-corrected chi connectivity index (χ0v) is 11.2. The Morgan fingerprint density at radius 1 is 1.05 bits per heavy atom. The van der Waals surface area contributed by atoms with Crippen molar-refractivity contribution in [1.29, 1.82) is 5.26 Å². The Morgan fingerprint density at radius 3 is 2.26 bits per heavy atom. The first-order valence-electron chi connectivity index (χ1n) is 6.42. The maximum atomic E-state index is 9.87. The van der Waals surface area contributed by atoms with Crippen molar-refractivity contribution in [2.45, 2.75) is 20.3 Å². The van der Waals surface area contributed by atoms with Crippen LogP contribution in [0.3, 0.4) is 0 Å². The predicted molar refractivity (Wildman–Crippen MR) is 76.8 cm³/mol. The number of rotatable bonds is 3. The van der Waals surface area contributed by atoms with Crippen LogP contribution in [-0.4, -0.2) is 5.11 Å². The summed E-state index contributed by atoms with van der Waals surface area (Å²) in [5, 5.41) is 18.7. The molecule has 0 saturated heterocycles. The molecule has 2 heteroatoms. The number of benzene rings is 2. The quantitative estimate of drug-likeness (QED) is 0.891. The highest BCUT2D eigenvalue weighted by Gasteiger charge is 2.06. The van der Waals surface area contributed by atoms with E-state index in [0.29, 0.717) is 17.2 Å². The van der Waals surface area contributed by atoms with Crippen LogP contribution in [-0.2, 0) is 6.42 Å². The van der Waals surface area contributed by atoms with Crippen LogP contribution < -0.4 is 0 Å². The van der Waals surface area contributed by atoms with Gasteiger partial charge in [-0.2, -0.15) is 5.26 Å². The molecule has 0 aliphatic rings. The standard InChI is InChI=1S/C17H17NO/c1-12(2)9-16-10-15(7-8-17(16)19)14-5-3-13(11-18)4-6-14/h3-8,10,12,19H,9H2,1-2H3. The third kappa shape index (κ3) is 3.14. The normalized spacial score (nSPS) is 10.4. The molecule has 2 aromatic carbocycles. The number of hydrogen-bond acceptors (Lipinski definition) is 2. The Hall–Kier alpha value is -2.27. The molecule has 0 bridgehead atoms. The topological polar surface area (TPSA) is 44.0 Å². The van der Waals surface area contributed by atoms with E-state index >= 15 is 0 Å². The zero-order valence-electron chi connectivity index (χ0n) is 11.2. The van der Waals surface area contributed by atoms with Gasteiger partial charge in [-0.05, 0) is 53.3 Å². The van der Waals surface area contributed by atoms with E-state index in [1.165, 1.54) is 0 Å². The summed E-state index contributed by atoms with van der Waals surface area (Å²) in [6, 6.07) is 15.3. The minimum atomic E-state index is 0.353. The summed E-state index contributed by atoms with van der Waals surface area (Å²) in [4.78, 5) is 0. The van der Waals surface area contributed by atoms with Crippen LogP contribution in [0, 0.1) is 17.2 Å². The second kappa shape index (κ2) is 5.58. The van der Waals surface area contributed by atoms with Crippen molar-refractivity contribution in [3.8, 4) is 22.9 Å². The van der Waals surface area contributed by atoms with Crippen molar-refractivity contribution in [2.75, 3.05) is 0 Å². The SMILES string of the molecule is CC(C)Cc1cc(-c2ccc(C#N)cc2)ccc1O. The first kappa shape index (κ1) is 13.2. The number of phenols is 1. The van der Waals surface area contributed by atoms with Gasteiger partial charge in [0, 0.05) is 0 Å². The monoisotopic (exact) mass is 251 g/mol. The second-order valence-corrected chi connectivity index (χ2v) is 5.13. The lowest BCUT2D eigenvalue weighted by Gasteiger charge is -2.10. The van der Waals surface area contributed by atoms with E-state index in [9.17, 15) is 5.11 Å². The fourth-order valence-electron chi connectivity index (χ4n) is 2.11. The van der Waals surface area contributed by atoms with E-state index in [2.05, 4.69) is 19.9 Å². The Labute approximate surface area is 114 Å². The first-order chi connectivity index (χ1) is 9.10. The fourth-order valence-corrected chi connectivity index (χ4v) is 2.11. The van der Waals surface area contributed by atoms with Crippen LogP contribution in [0.1, 0.15) is 25.0 Å². The second-order valence-electron chi connectivity index (χ2n) is 5.13. The lowest BCUT2D eigenvalue weighted by atomic mass is 9.97. The largest absolute Gasteiger partial charge is 0.508 e. The Balaban J connectivity index is 2.36. The molecule has 0 amide bonds. The van der Waals surface area contributed by atoms with Gasteiger partial charge in [-0.1, -0.05) is 32.0 Å². The minimum absolute atomic E-state index is 0.353. The van der Waals surface area contributed by atoms with E-state index in [1.54, 1.807) is 6.07 Å². The summed E-state index contributed by atoms with van der Waals surface area (Å²) in [6.07, 6.45) is 0.857. The third-order valence-electron chi connectivity index (χ3n) is 3.05. The molecular weight excluding hydrogens is 234 g/mol. The molecule has 96 valence electrons. The number of phenolic OH excluding ortho intramolecular Hbond substituents is 1. The summed E-state index contributed by atoms with van der Waals surface area (Å²) in [6.45, 7) is 4.27. The van der Waals surface area contributed by atoms with E-state index in [1.807, 2.05) is 36.4 Å². The number of hydrogen-bond donors (Lipinski definition) is 1. The summed E-state index contributed by atoms with van der Waals surface area (Å²) in [5.74, 6) is 0.855. The average molecular weight is 251 g/mol. The molecule has 0 unspecified atom stereocenters. The van der Waals surface area contributed by atoms with Crippen LogP contribution in [0.5, 0.6) is 5.75 Å². The molecule has 0 saturated carbocycles. The van der Waals surface area contributed by atoms with Crippen LogP contribution in [0.15, 0.2) is 42.5 Å². The lowest BCUT2D eigenvalue weighted by molar-refractivity contribution is 0.462. The van der Waals surface area contributed by atoms with E-state index < -0.39 is 0 Å². The van der Waals surface area contributed by atoms with Crippen molar-refractivity contribution in [3.63, 3.8) is 0 Å². The molecule has 0 atom stereocenters. The van der Waals surface area contributed by atoms with Crippen LogP contribution in [0.2, 0.25) is 0 Å². The van der Waals surface area contributed by atoms with E-state index in [-0.39, 0.29) is 0 Å². The molecule has 0 spiro atoms. The average Bonchev–Trinajstić information content (AvgIpc) is 2.41. The molecule has 2 aromatic rings. The highest BCUT2D eigenvalue weighted by Crippen LogP contribution is 2.27. The molecule has 1 N–H and O–H groups in total. The third-order valence-corrected chi connectivity index (χ3v) is 3.05. The zero-order chi connectivity index (χ0) is 13.8. The molecule has 0 aliphatic carbocycles. The minimum Gasteiger partial charge on any atom is -0.508 e. The van der Waals surface area contributed by atoms with E-state index in [0.717, 1.165) is 23.1 Å². The van der Waals surface area contributed by atoms with Crippen molar-refractivity contribution >= 4 is 0 Å². The van der Waals surface area contributed by atoms with Crippen molar-refractivity contribution < 1.29 is 5.11 Å². The molecule has 0 aliphatic heterocycles. The highest BCUT2D eigenvalue weighted by molar-refractivity contribution is 5.66. The van der Waals surface area contributed by atoms with Crippen LogP contribution in [0.25, 0.3) is 11.1 Å². The number of aromatic hydroxyl groups is 1. The van der Waals surface area contributed by atoms with Crippen molar-refractivity contribution in [2.24, 2.45) is 5.92 Å². The van der Waals surface area contributed by atoms with Gasteiger partial charge in [0.05, 0.1) is 11.6 Å². The number of nitrogens with zero attached hydrogens (tertiary/aromatic N) is 1. The number of nitriles is 1. The van der Waals surface area contributed by atoms with Crippen molar-refractivity contribution in [3.05, 3.63) is 53.6 Å². The summed E-state index contributed by atoms with van der Waals surface area (Å²) in [5.41, 5.74) is 3.75. The molecule has 2 nitrogen and oxygen atoms in total. The van der Waals surface area contributed by atoms with Gasteiger partial charge in [0.2, 0.25) is 0 Å².